The first-order chi connectivity index (χ1) is 7.18. The van der Waals surface area contributed by atoms with Crippen LogP contribution < -0.4 is 15.8 Å². The third kappa shape index (κ3) is 2.06. The van der Waals surface area contributed by atoms with E-state index in [0.29, 0.717) is 29.5 Å². The van der Waals surface area contributed by atoms with Gasteiger partial charge in [-0.15, -0.1) is 0 Å². The maximum atomic E-state index is 11.5. The van der Waals surface area contributed by atoms with E-state index in [-0.39, 0.29) is 5.91 Å². The van der Waals surface area contributed by atoms with Crippen molar-refractivity contribution in [1.29, 1.82) is 0 Å². The van der Waals surface area contributed by atoms with Crippen LogP contribution in [-0.4, -0.2) is 18.6 Å². The molecular formula is C10H11ClN2O2. The second kappa shape index (κ2) is 4.08. The molecule has 3 N–H and O–H groups in total. The number of amides is 1. The Kier molecular flexibility index (Phi) is 2.79. The number of para-hydroxylation sites is 1. The lowest BCUT2D eigenvalue weighted by Gasteiger charge is -2.20. The number of hydrogen-bond acceptors (Lipinski definition) is 3. The van der Waals surface area contributed by atoms with E-state index in [4.69, 9.17) is 22.1 Å². The molecule has 0 bridgehead atoms. The van der Waals surface area contributed by atoms with E-state index in [1.54, 1.807) is 18.2 Å². The molecule has 80 valence electrons. The van der Waals surface area contributed by atoms with Crippen molar-refractivity contribution < 1.29 is 9.53 Å². The van der Waals surface area contributed by atoms with Crippen molar-refractivity contribution in [3.05, 3.63) is 23.2 Å². The Labute approximate surface area is 92.4 Å². The number of carbonyl (C=O) groups is 1. The summed E-state index contributed by atoms with van der Waals surface area (Å²) >= 11 is 5.94. The summed E-state index contributed by atoms with van der Waals surface area (Å²) in [5.41, 5.74) is 6.19. The first kappa shape index (κ1) is 10.3. The van der Waals surface area contributed by atoms with Crippen molar-refractivity contribution in [2.45, 2.75) is 12.5 Å². The summed E-state index contributed by atoms with van der Waals surface area (Å²) in [4.78, 5) is 11.5. The van der Waals surface area contributed by atoms with Crippen LogP contribution in [0.25, 0.3) is 0 Å². The van der Waals surface area contributed by atoms with E-state index in [0.717, 1.165) is 0 Å². The number of ether oxygens (including phenoxy) is 1. The fourth-order valence-corrected chi connectivity index (χ4v) is 1.63. The molecule has 1 heterocycles. The number of nitrogens with one attached hydrogen (secondary N) is 1. The molecule has 2 rings (SSSR count). The Hall–Kier alpha value is -1.26. The van der Waals surface area contributed by atoms with Crippen molar-refractivity contribution >= 4 is 23.2 Å². The normalized spacial score (nSPS) is 20.7. The Bertz CT molecular complexity index is 395. The van der Waals surface area contributed by atoms with Gasteiger partial charge in [-0.1, -0.05) is 17.7 Å². The van der Waals surface area contributed by atoms with Gasteiger partial charge in [0.2, 0.25) is 5.91 Å². The predicted octanol–water partition coefficient (Wildman–Crippen LogP) is 1.39. The topological polar surface area (TPSA) is 64.3 Å². The number of rotatable bonds is 0. The number of nitrogens with two attached hydrogens (primary N) is 1. The van der Waals surface area contributed by atoms with Crippen molar-refractivity contribution in [1.82, 2.24) is 0 Å². The quantitative estimate of drug-likeness (QED) is 0.703. The summed E-state index contributed by atoms with van der Waals surface area (Å²) in [6, 6.07) is 4.67. The second-order valence-corrected chi connectivity index (χ2v) is 3.76. The third-order valence-corrected chi connectivity index (χ3v) is 2.53. The molecule has 0 aromatic heterocycles. The summed E-state index contributed by atoms with van der Waals surface area (Å²) in [6.45, 7) is 0.394. The standard InChI is InChI=1S/C10H11ClN2O2/c11-6-2-1-3-8-9(6)15-5-4-7(12)10(14)13-8/h1-3,7H,4-5,12H2,(H,13,14). The first-order valence-corrected chi connectivity index (χ1v) is 5.04. The van der Waals surface area contributed by atoms with Crippen LogP contribution >= 0.6 is 11.6 Å². The lowest BCUT2D eigenvalue weighted by atomic mass is 10.2. The van der Waals surface area contributed by atoms with Crippen LogP contribution in [0.4, 0.5) is 5.69 Å². The van der Waals surface area contributed by atoms with Gasteiger partial charge in [-0.25, -0.2) is 0 Å². The largest absolute Gasteiger partial charge is 0.490 e. The third-order valence-electron chi connectivity index (χ3n) is 2.24. The number of carbonyl (C=O) groups excluding carboxylic acids is 1. The predicted molar refractivity (Wildman–Crippen MR) is 58.2 cm³/mol. The van der Waals surface area contributed by atoms with Crippen molar-refractivity contribution in [3.63, 3.8) is 0 Å². The van der Waals surface area contributed by atoms with E-state index >= 15 is 0 Å². The molecular weight excluding hydrogens is 216 g/mol. The van der Waals surface area contributed by atoms with Crippen molar-refractivity contribution in [3.8, 4) is 5.75 Å². The van der Waals surface area contributed by atoms with Crippen LogP contribution in [0.3, 0.4) is 0 Å². The van der Waals surface area contributed by atoms with Gasteiger partial charge in [-0.05, 0) is 12.1 Å². The van der Waals surface area contributed by atoms with E-state index in [1.807, 2.05) is 0 Å². The van der Waals surface area contributed by atoms with E-state index < -0.39 is 6.04 Å². The first-order valence-electron chi connectivity index (χ1n) is 4.66. The Morgan fingerprint density at radius 2 is 2.33 bits per heavy atom. The molecule has 4 nitrogen and oxygen atoms in total. The monoisotopic (exact) mass is 226 g/mol. The number of benzene rings is 1. The molecule has 0 saturated carbocycles. The highest BCUT2D eigenvalue weighted by Gasteiger charge is 2.20. The van der Waals surface area contributed by atoms with Crippen LogP contribution in [0.2, 0.25) is 5.02 Å². The summed E-state index contributed by atoms with van der Waals surface area (Å²) < 4.78 is 5.45. The molecule has 1 unspecified atom stereocenters. The summed E-state index contributed by atoms with van der Waals surface area (Å²) in [6.07, 6.45) is 0.483. The van der Waals surface area contributed by atoms with Crippen LogP contribution in [0.15, 0.2) is 18.2 Å². The second-order valence-electron chi connectivity index (χ2n) is 3.35. The highest BCUT2D eigenvalue weighted by Crippen LogP contribution is 2.33. The molecule has 0 saturated heterocycles. The van der Waals surface area contributed by atoms with Gasteiger partial charge in [0.05, 0.1) is 23.4 Å². The minimum absolute atomic E-state index is 0.207. The molecule has 0 spiro atoms. The average Bonchev–Trinajstić information content (AvgIpc) is 2.19. The molecule has 0 fully saturated rings. The Morgan fingerprint density at radius 3 is 3.13 bits per heavy atom. The molecule has 1 aromatic rings. The molecule has 15 heavy (non-hydrogen) atoms. The van der Waals surface area contributed by atoms with Crippen LogP contribution in [0.5, 0.6) is 5.75 Å². The minimum Gasteiger partial charge on any atom is -0.490 e. The minimum atomic E-state index is -0.530. The van der Waals surface area contributed by atoms with Gasteiger partial charge < -0.3 is 15.8 Å². The lowest BCUT2D eigenvalue weighted by molar-refractivity contribution is -0.117. The number of fused-ring (bicyclic) bond motifs is 1. The number of halogens is 1. The zero-order valence-electron chi connectivity index (χ0n) is 8.00. The SMILES string of the molecule is NC1CCOc2c(Cl)cccc2NC1=O. The van der Waals surface area contributed by atoms with Gasteiger partial charge in [0.25, 0.3) is 0 Å². The van der Waals surface area contributed by atoms with Crippen LogP contribution in [0.1, 0.15) is 6.42 Å². The van der Waals surface area contributed by atoms with Gasteiger partial charge >= 0.3 is 0 Å². The van der Waals surface area contributed by atoms with Gasteiger partial charge in [-0.3, -0.25) is 4.79 Å². The maximum Gasteiger partial charge on any atom is 0.241 e. The highest BCUT2D eigenvalue weighted by atomic mass is 35.5. The van der Waals surface area contributed by atoms with E-state index in [2.05, 4.69) is 5.32 Å². The molecule has 1 atom stereocenters. The molecule has 1 aliphatic rings. The smallest absolute Gasteiger partial charge is 0.241 e. The van der Waals surface area contributed by atoms with E-state index in [1.165, 1.54) is 0 Å². The van der Waals surface area contributed by atoms with Gasteiger partial charge in [0, 0.05) is 6.42 Å². The molecule has 1 aromatic carbocycles. The van der Waals surface area contributed by atoms with E-state index in [9.17, 15) is 4.79 Å². The fourth-order valence-electron chi connectivity index (χ4n) is 1.40. The van der Waals surface area contributed by atoms with Crippen molar-refractivity contribution in [2.75, 3.05) is 11.9 Å². The maximum absolute atomic E-state index is 11.5. The number of anilines is 1. The Balaban J connectivity index is 2.37. The summed E-state index contributed by atoms with van der Waals surface area (Å²) in [5.74, 6) is 0.307. The molecule has 0 radical (unpaired) electrons. The lowest BCUT2D eigenvalue weighted by Crippen LogP contribution is -2.38. The van der Waals surface area contributed by atoms with Gasteiger partial charge in [0.1, 0.15) is 0 Å². The summed E-state index contributed by atoms with van der Waals surface area (Å²) in [5, 5.41) is 3.17. The average molecular weight is 227 g/mol. The highest BCUT2D eigenvalue weighted by molar-refractivity contribution is 6.32. The Morgan fingerprint density at radius 1 is 1.53 bits per heavy atom. The molecule has 1 aliphatic heterocycles. The molecule has 0 aliphatic carbocycles. The zero-order valence-corrected chi connectivity index (χ0v) is 8.75. The fraction of sp³-hybridized carbons (Fsp3) is 0.300. The van der Waals surface area contributed by atoms with Crippen molar-refractivity contribution in [2.24, 2.45) is 5.73 Å². The van der Waals surface area contributed by atoms with Crippen LogP contribution in [-0.2, 0) is 4.79 Å². The summed E-state index contributed by atoms with van der Waals surface area (Å²) in [7, 11) is 0. The zero-order chi connectivity index (χ0) is 10.8. The van der Waals surface area contributed by atoms with Gasteiger partial charge in [-0.2, -0.15) is 0 Å². The van der Waals surface area contributed by atoms with Crippen LogP contribution in [0, 0.1) is 0 Å². The molecule has 1 amide bonds. The molecule has 5 heteroatoms. The number of hydrogen-bond donors (Lipinski definition) is 2. The van der Waals surface area contributed by atoms with Gasteiger partial charge in [0.15, 0.2) is 5.75 Å².